The van der Waals surface area contributed by atoms with Gasteiger partial charge in [-0.3, -0.25) is 4.79 Å². The third kappa shape index (κ3) is 5.61. The summed E-state index contributed by atoms with van der Waals surface area (Å²) in [6.45, 7) is 4.57. The fourth-order valence-electron chi connectivity index (χ4n) is 6.20. The second-order valence-corrected chi connectivity index (χ2v) is 11.2. The lowest BCUT2D eigenvalue weighted by atomic mass is 9.71. The van der Waals surface area contributed by atoms with E-state index in [1.165, 1.54) is 6.07 Å². The number of benzene rings is 2. The minimum Gasteiger partial charge on any atom is -0.488 e. The molecule has 1 saturated carbocycles. The first-order valence-electron chi connectivity index (χ1n) is 13.8. The molecule has 214 valence electrons. The molecule has 1 N–H and O–H groups in total. The number of fused-ring (bicyclic) bond motifs is 2. The minimum absolute atomic E-state index is 0.0268. The van der Waals surface area contributed by atoms with E-state index in [1.807, 2.05) is 11.8 Å². The Labute approximate surface area is 230 Å². The summed E-state index contributed by atoms with van der Waals surface area (Å²) in [6, 6.07) is 8.44. The van der Waals surface area contributed by atoms with Crippen LogP contribution in [0.25, 0.3) is 11.0 Å². The van der Waals surface area contributed by atoms with E-state index in [0.717, 1.165) is 48.8 Å². The van der Waals surface area contributed by atoms with Crippen LogP contribution in [-0.4, -0.2) is 34.6 Å². The maximum absolute atomic E-state index is 13.0. The number of aliphatic hydroxyl groups is 1. The van der Waals surface area contributed by atoms with Crippen molar-refractivity contribution >= 4 is 16.9 Å². The Bertz CT molecular complexity index is 1480. The zero-order valence-electron chi connectivity index (χ0n) is 22.8. The Morgan fingerprint density at radius 2 is 1.95 bits per heavy atom. The van der Waals surface area contributed by atoms with E-state index in [9.17, 15) is 27.9 Å². The highest BCUT2D eigenvalue weighted by atomic mass is 19.4. The van der Waals surface area contributed by atoms with Crippen molar-refractivity contribution in [3.05, 3.63) is 74.6 Å². The molecular formula is C31H34F3NO5. The molecule has 2 aromatic carbocycles. The highest BCUT2D eigenvalue weighted by molar-refractivity contribution is 5.86. The number of hydrogen-bond acceptors (Lipinski definition) is 5. The lowest BCUT2D eigenvalue weighted by Crippen LogP contribution is -2.54. The third-order valence-corrected chi connectivity index (χ3v) is 8.67. The quantitative estimate of drug-likeness (QED) is 0.371. The van der Waals surface area contributed by atoms with E-state index in [-0.39, 0.29) is 31.3 Å². The molecule has 1 amide bonds. The molecule has 0 spiro atoms. The number of aryl methyl sites for hydroxylation is 2. The molecule has 40 heavy (non-hydrogen) atoms. The summed E-state index contributed by atoms with van der Waals surface area (Å²) in [4.78, 5) is 27.8. The number of amides is 1. The molecule has 1 aromatic heterocycles. The van der Waals surface area contributed by atoms with Crippen LogP contribution in [0.5, 0.6) is 5.75 Å². The Hall–Kier alpha value is -3.33. The molecule has 0 radical (unpaired) electrons. The summed E-state index contributed by atoms with van der Waals surface area (Å²) in [5.74, 6) is 0.489. The summed E-state index contributed by atoms with van der Waals surface area (Å²) in [6.07, 6.45) is 0.420. The lowest BCUT2D eigenvalue weighted by Gasteiger charge is -2.47. The Kier molecular flexibility index (Phi) is 7.70. The van der Waals surface area contributed by atoms with Gasteiger partial charge in [0.1, 0.15) is 17.9 Å². The van der Waals surface area contributed by atoms with E-state index in [0.29, 0.717) is 47.5 Å². The van der Waals surface area contributed by atoms with Gasteiger partial charge in [-0.25, -0.2) is 4.79 Å². The number of likely N-dealkylation sites (tertiary alicyclic amines) is 1. The van der Waals surface area contributed by atoms with Gasteiger partial charge in [-0.15, -0.1) is 0 Å². The largest absolute Gasteiger partial charge is 0.488 e. The smallest absolute Gasteiger partial charge is 0.416 e. The van der Waals surface area contributed by atoms with Gasteiger partial charge < -0.3 is 19.2 Å². The van der Waals surface area contributed by atoms with Gasteiger partial charge in [0.05, 0.1) is 11.2 Å². The molecule has 0 bridgehead atoms. The van der Waals surface area contributed by atoms with Gasteiger partial charge in [0.15, 0.2) is 0 Å². The molecule has 2 aliphatic rings. The van der Waals surface area contributed by atoms with Crippen LogP contribution in [0.2, 0.25) is 0 Å². The molecule has 5 rings (SSSR count). The monoisotopic (exact) mass is 557 g/mol. The molecule has 1 saturated heterocycles. The van der Waals surface area contributed by atoms with Crippen LogP contribution < -0.4 is 10.4 Å². The van der Waals surface area contributed by atoms with Crippen molar-refractivity contribution < 1.29 is 32.2 Å². The van der Waals surface area contributed by atoms with Gasteiger partial charge in [-0.1, -0.05) is 25.0 Å². The van der Waals surface area contributed by atoms with Crippen molar-refractivity contribution in [1.82, 2.24) is 4.90 Å². The van der Waals surface area contributed by atoms with Gasteiger partial charge in [0.2, 0.25) is 5.91 Å². The number of halogens is 3. The van der Waals surface area contributed by atoms with E-state index < -0.39 is 23.0 Å². The average Bonchev–Trinajstić information content (AvgIpc) is 2.92. The number of rotatable bonds is 6. The van der Waals surface area contributed by atoms with Crippen LogP contribution in [-0.2, 0) is 24.0 Å². The fraction of sp³-hybridized carbons (Fsp3) is 0.484. The second-order valence-electron chi connectivity index (χ2n) is 11.2. The second kappa shape index (κ2) is 10.9. The number of piperidine rings is 1. The number of hydrogen-bond donors (Lipinski definition) is 1. The summed E-state index contributed by atoms with van der Waals surface area (Å²) < 4.78 is 50.6. The molecule has 1 aliphatic heterocycles. The fourth-order valence-corrected chi connectivity index (χ4v) is 6.20. The summed E-state index contributed by atoms with van der Waals surface area (Å²) in [5, 5.41) is 11.6. The van der Waals surface area contributed by atoms with E-state index in [2.05, 4.69) is 0 Å². The van der Waals surface area contributed by atoms with E-state index >= 15 is 0 Å². The van der Waals surface area contributed by atoms with Crippen molar-refractivity contribution in [2.45, 2.75) is 77.2 Å². The highest BCUT2D eigenvalue weighted by Crippen LogP contribution is 2.40. The van der Waals surface area contributed by atoms with Gasteiger partial charge in [0, 0.05) is 41.9 Å². The molecule has 1 aliphatic carbocycles. The van der Waals surface area contributed by atoms with Crippen molar-refractivity contribution in [3.63, 3.8) is 0 Å². The third-order valence-electron chi connectivity index (χ3n) is 8.67. The van der Waals surface area contributed by atoms with Crippen molar-refractivity contribution in [2.75, 3.05) is 13.1 Å². The molecule has 0 unspecified atom stereocenters. The first kappa shape index (κ1) is 28.2. The van der Waals surface area contributed by atoms with E-state index in [1.54, 1.807) is 25.1 Å². The molecule has 9 heteroatoms. The van der Waals surface area contributed by atoms with Gasteiger partial charge in [-0.2, -0.15) is 13.2 Å². The number of carbonyl (C=O) groups is 1. The zero-order chi connectivity index (χ0) is 28.7. The summed E-state index contributed by atoms with van der Waals surface area (Å²) in [5.41, 5.74) is 0.555. The van der Waals surface area contributed by atoms with Gasteiger partial charge in [-0.05, 0) is 74.9 Å². The Balaban J connectivity index is 1.28. The van der Waals surface area contributed by atoms with Crippen molar-refractivity contribution in [2.24, 2.45) is 5.92 Å². The van der Waals surface area contributed by atoms with Crippen LogP contribution in [0, 0.1) is 19.8 Å². The standard InChI is InChI=1S/C31H34F3NO5/c1-19-24-9-11-26(39-18-21-6-5-8-22(16-21)31(32,33)34)20(2)28(24)40-29(37)25(19)10-12-27(36)35-15-14-30(38)13-4-3-7-23(30)17-35/h5-6,8-9,11,16,23,38H,3-4,7,10,12-15,17-18H2,1-2H3/t23-,30-/m0/s1. The van der Waals surface area contributed by atoms with Crippen molar-refractivity contribution in [3.8, 4) is 5.75 Å². The number of alkyl halides is 3. The Morgan fingerprint density at radius 3 is 2.73 bits per heavy atom. The lowest BCUT2D eigenvalue weighted by molar-refractivity contribution is -0.143. The van der Waals surface area contributed by atoms with Crippen LogP contribution in [0.4, 0.5) is 13.2 Å². The summed E-state index contributed by atoms with van der Waals surface area (Å²) >= 11 is 0. The molecule has 2 fully saturated rings. The SMILES string of the molecule is Cc1c(CCC(=O)N2CC[C@@]3(O)CCCC[C@H]3C2)c(=O)oc2c(C)c(OCc3cccc(C(F)(F)F)c3)ccc12. The van der Waals surface area contributed by atoms with Gasteiger partial charge >= 0.3 is 11.8 Å². The Morgan fingerprint density at radius 1 is 1.15 bits per heavy atom. The first-order valence-corrected chi connectivity index (χ1v) is 13.8. The molecular weight excluding hydrogens is 523 g/mol. The van der Waals surface area contributed by atoms with Crippen LogP contribution in [0.15, 0.2) is 45.6 Å². The number of carbonyl (C=O) groups excluding carboxylic acids is 1. The van der Waals surface area contributed by atoms with Crippen molar-refractivity contribution in [1.29, 1.82) is 0 Å². The predicted octanol–water partition coefficient (Wildman–Crippen LogP) is 6.09. The van der Waals surface area contributed by atoms with E-state index in [4.69, 9.17) is 9.15 Å². The first-order chi connectivity index (χ1) is 19.0. The maximum Gasteiger partial charge on any atom is 0.416 e. The zero-order valence-corrected chi connectivity index (χ0v) is 22.8. The van der Waals surface area contributed by atoms with Crippen LogP contribution in [0.1, 0.15) is 66.3 Å². The summed E-state index contributed by atoms with van der Waals surface area (Å²) in [7, 11) is 0. The molecule has 2 heterocycles. The minimum atomic E-state index is -4.44. The molecule has 6 nitrogen and oxygen atoms in total. The average molecular weight is 558 g/mol. The van der Waals surface area contributed by atoms with Gasteiger partial charge in [0.25, 0.3) is 0 Å². The van der Waals surface area contributed by atoms with Crippen LogP contribution >= 0.6 is 0 Å². The number of ether oxygens (including phenoxy) is 1. The highest BCUT2D eigenvalue weighted by Gasteiger charge is 2.43. The molecule has 3 aromatic rings. The number of nitrogens with zero attached hydrogens (tertiary/aromatic N) is 1. The van der Waals surface area contributed by atoms with Crippen LogP contribution in [0.3, 0.4) is 0 Å². The normalized spacial score (nSPS) is 21.4. The predicted molar refractivity (Wildman–Crippen MR) is 144 cm³/mol. The molecule has 2 atom stereocenters. The maximum atomic E-state index is 13.0. The topological polar surface area (TPSA) is 80.0 Å².